The fourth-order valence-electron chi connectivity index (χ4n) is 2.38. The summed E-state index contributed by atoms with van der Waals surface area (Å²) in [6, 6.07) is 21.3. The second-order valence-corrected chi connectivity index (χ2v) is 6.87. The molecule has 3 rings (SSSR count). The minimum Gasteiger partial charge on any atom is -0.0622 e. The van der Waals surface area contributed by atoms with E-state index in [1.165, 1.54) is 15.9 Å². The Kier molecular flexibility index (Phi) is 3.88. The van der Waals surface area contributed by atoms with E-state index in [9.17, 15) is 0 Å². The topological polar surface area (TPSA) is 0 Å². The van der Waals surface area contributed by atoms with Crippen LogP contribution in [0.5, 0.6) is 0 Å². The lowest BCUT2D eigenvalue weighted by atomic mass is 10.1. The van der Waals surface area contributed by atoms with Crippen LogP contribution in [0.3, 0.4) is 0 Å². The van der Waals surface area contributed by atoms with Crippen LogP contribution in [0.25, 0.3) is 0 Å². The van der Waals surface area contributed by atoms with Crippen LogP contribution in [0.1, 0.15) is 6.42 Å². The van der Waals surface area contributed by atoms with Crippen molar-refractivity contribution in [3.05, 3.63) is 96.4 Å². The van der Waals surface area contributed by atoms with Crippen molar-refractivity contribution in [3.8, 4) is 0 Å². The maximum absolute atomic E-state index is 6.23. The molecule has 0 atom stereocenters. The summed E-state index contributed by atoms with van der Waals surface area (Å²) < 4.78 is 0. The van der Waals surface area contributed by atoms with Crippen LogP contribution in [0.2, 0.25) is 0 Å². The van der Waals surface area contributed by atoms with Crippen LogP contribution in [-0.2, 0) is 0 Å². The van der Waals surface area contributed by atoms with Gasteiger partial charge in [0.1, 0.15) is 0 Å². The Bertz CT molecular complexity index is 611. The lowest BCUT2D eigenvalue weighted by molar-refractivity contribution is 1.33. The van der Waals surface area contributed by atoms with Crippen LogP contribution in [0, 0.1) is 6.58 Å². The van der Waals surface area contributed by atoms with Gasteiger partial charge in [-0.1, -0.05) is 60.7 Å². The van der Waals surface area contributed by atoms with Gasteiger partial charge in [-0.15, -0.1) is 0 Å². The van der Waals surface area contributed by atoms with Crippen molar-refractivity contribution in [1.29, 1.82) is 0 Å². The molecule has 2 aromatic carbocycles. The minimum atomic E-state index is -0.561. The summed E-state index contributed by atoms with van der Waals surface area (Å²) in [5.41, 5.74) is 0.898. The third-order valence-corrected chi connectivity index (χ3v) is 5.86. The summed E-state index contributed by atoms with van der Waals surface area (Å²) in [6.07, 6.45) is 7.38. The van der Waals surface area contributed by atoms with Crippen LogP contribution >= 0.6 is 7.92 Å². The van der Waals surface area contributed by atoms with Gasteiger partial charge in [0.05, 0.1) is 19.3 Å². The zero-order valence-electron chi connectivity index (χ0n) is 11.2. The largest absolute Gasteiger partial charge is 0.187 e. The van der Waals surface area contributed by atoms with Crippen LogP contribution in [-0.4, -0.2) is 0 Å². The molecule has 0 spiro atoms. The van der Waals surface area contributed by atoms with Gasteiger partial charge >= 0.3 is 0 Å². The highest BCUT2D eigenvalue weighted by Crippen LogP contribution is 2.47. The average molecular weight is 275 g/mol. The average Bonchev–Trinajstić information content (AvgIpc) is 2.52. The molecule has 0 bridgehead atoms. The summed E-state index contributed by atoms with van der Waals surface area (Å²) in [4.78, 5) is 0. The van der Waals surface area contributed by atoms with E-state index >= 15 is 0 Å². The summed E-state index contributed by atoms with van der Waals surface area (Å²) in [6.45, 7) is 6.23. The van der Waals surface area contributed by atoms with Crippen LogP contribution in [0.4, 0.5) is 0 Å². The first-order valence-corrected chi connectivity index (χ1v) is 8.10. The van der Waals surface area contributed by atoms with E-state index in [1.54, 1.807) is 0 Å². The molecule has 0 radical (unpaired) electrons. The summed E-state index contributed by atoms with van der Waals surface area (Å²) >= 11 is 0. The lowest BCUT2D eigenvalue weighted by Crippen LogP contribution is -2.14. The van der Waals surface area contributed by atoms with E-state index in [4.69, 9.17) is 6.58 Å². The Balaban J connectivity index is 2.10. The maximum atomic E-state index is 6.23. The molecule has 1 heteroatoms. The first kappa shape index (κ1) is 13.0. The Morgan fingerprint density at radius 1 is 0.800 bits per heavy atom. The van der Waals surface area contributed by atoms with Gasteiger partial charge in [-0.05, 0) is 22.8 Å². The number of benzene rings is 2. The second-order valence-electron chi connectivity index (χ2n) is 4.69. The van der Waals surface area contributed by atoms with E-state index in [-0.39, 0.29) is 0 Å². The molecule has 0 saturated carbocycles. The molecule has 0 nitrogen and oxygen atoms in total. The standard InChI is InChI=1S/C19H16P/c1-16-10-8-9-15-19(16)20(17-11-4-2-5-12-17)18-13-6-3-7-14-18/h1-8,10-15H,9H2/q+1. The monoisotopic (exact) mass is 275 g/mol. The molecule has 1 aliphatic rings. The SMILES string of the molecule is [CH+]=C1C=CCC=C1P(c1ccccc1)c1ccccc1. The predicted octanol–water partition coefficient (Wildman–Crippen LogP) is 4.32. The minimum absolute atomic E-state index is 0.561. The second kappa shape index (κ2) is 5.97. The molecule has 0 aliphatic heterocycles. The molecule has 0 amide bonds. The van der Waals surface area contributed by atoms with Gasteiger partial charge in [0.25, 0.3) is 0 Å². The van der Waals surface area contributed by atoms with E-state index in [0.717, 1.165) is 12.0 Å². The fraction of sp³-hybridized carbons (Fsp3) is 0.0526. The van der Waals surface area contributed by atoms with Gasteiger partial charge in [0, 0.05) is 13.0 Å². The smallest absolute Gasteiger partial charge is 0.0622 e. The molecule has 2 aromatic rings. The lowest BCUT2D eigenvalue weighted by Gasteiger charge is -2.18. The molecular formula is C19H16P+. The van der Waals surface area contributed by atoms with Gasteiger partial charge in [-0.3, -0.25) is 0 Å². The zero-order valence-corrected chi connectivity index (χ0v) is 12.1. The molecule has 0 aromatic heterocycles. The van der Waals surface area contributed by atoms with Crippen molar-refractivity contribution in [1.82, 2.24) is 0 Å². The Morgan fingerprint density at radius 2 is 1.35 bits per heavy atom. The highest BCUT2D eigenvalue weighted by atomic mass is 31.1. The van der Waals surface area contributed by atoms with Gasteiger partial charge in [-0.25, -0.2) is 0 Å². The van der Waals surface area contributed by atoms with Gasteiger partial charge < -0.3 is 0 Å². The molecular weight excluding hydrogens is 259 g/mol. The molecule has 96 valence electrons. The Morgan fingerprint density at radius 3 is 1.85 bits per heavy atom. The molecule has 0 fully saturated rings. The molecule has 0 N–H and O–H groups in total. The van der Waals surface area contributed by atoms with Crippen molar-refractivity contribution in [2.24, 2.45) is 0 Å². The maximum Gasteiger partial charge on any atom is 0.187 e. The van der Waals surface area contributed by atoms with Crippen LogP contribution in [0.15, 0.2) is 89.8 Å². The van der Waals surface area contributed by atoms with Crippen LogP contribution < -0.4 is 10.6 Å². The highest BCUT2D eigenvalue weighted by molar-refractivity contribution is 7.77. The molecule has 20 heavy (non-hydrogen) atoms. The van der Waals surface area contributed by atoms with E-state index < -0.39 is 7.92 Å². The van der Waals surface area contributed by atoms with Crippen molar-refractivity contribution in [3.63, 3.8) is 0 Å². The molecule has 1 aliphatic carbocycles. The quantitative estimate of drug-likeness (QED) is 0.578. The van der Waals surface area contributed by atoms with Crippen molar-refractivity contribution in [2.45, 2.75) is 6.42 Å². The first-order chi connectivity index (χ1) is 9.86. The fourth-order valence-corrected chi connectivity index (χ4v) is 4.80. The van der Waals surface area contributed by atoms with E-state index in [2.05, 4.69) is 72.8 Å². The number of hydrogen-bond donors (Lipinski definition) is 0. The molecule has 0 unspecified atom stereocenters. The van der Waals surface area contributed by atoms with Crippen molar-refractivity contribution >= 4 is 18.5 Å². The normalized spacial score (nSPS) is 14.4. The van der Waals surface area contributed by atoms with Gasteiger partial charge in [0.2, 0.25) is 0 Å². The van der Waals surface area contributed by atoms with E-state index in [0.29, 0.717) is 0 Å². The number of hydrogen-bond acceptors (Lipinski definition) is 0. The summed E-state index contributed by atoms with van der Waals surface area (Å²) in [5, 5.41) is 3.97. The predicted molar refractivity (Wildman–Crippen MR) is 88.7 cm³/mol. The summed E-state index contributed by atoms with van der Waals surface area (Å²) in [7, 11) is -0.561. The third kappa shape index (κ3) is 2.63. The van der Waals surface area contributed by atoms with Gasteiger partial charge in [0.15, 0.2) is 5.57 Å². The Labute approximate surface area is 121 Å². The number of rotatable bonds is 3. The number of allylic oxidation sites excluding steroid dienone is 5. The first-order valence-electron chi connectivity index (χ1n) is 6.76. The van der Waals surface area contributed by atoms with Gasteiger partial charge in [-0.2, -0.15) is 0 Å². The summed E-state index contributed by atoms with van der Waals surface area (Å²) in [5.74, 6) is 0. The third-order valence-electron chi connectivity index (χ3n) is 3.31. The highest BCUT2D eigenvalue weighted by Gasteiger charge is 2.27. The Hall–Kier alpha value is -2.00. The van der Waals surface area contributed by atoms with Crippen molar-refractivity contribution in [2.75, 3.05) is 0 Å². The van der Waals surface area contributed by atoms with Crippen molar-refractivity contribution < 1.29 is 0 Å². The molecule has 0 heterocycles. The molecule has 0 saturated heterocycles. The zero-order chi connectivity index (χ0) is 13.8. The van der Waals surface area contributed by atoms with E-state index in [1.807, 2.05) is 6.08 Å².